The molecule has 15 nitrogen and oxygen atoms in total. The van der Waals surface area contributed by atoms with Gasteiger partial charge in [0.05, 0.1) is 19.8 Å². The first-order chi connectivity index (χ1) is 29.0. The van der Waals surface area contributed by atoms with E-state index < -0.39 is 92.7 Å². The molecule has 7 N–H and O–H groups in total. The van der Waals surface area contributed by atoms with E-state index in [1.807, 2.05) is 0 Å². The van der Waals surface area contributed by atoms with Crippen LogP contribution in [0.15, 0.2) is 12.2 Å². The summed E-state index contributed by atoms with van der Waals surface area (Å²) in [4.78, 5) is 25.5. The summed E-state index contributed by atoms with van der Waals surface area (Å²) in [5.74, 6) is -0.933. The minimum atomic E-state index is -1.76. The Hall–Kier alpha value is -1.76. The van der Waals surface area contributed by atoms with E-state index >= 15 is 0 Å². The Bertz CT molecular complexity index is 1110. The maximum Gasteiger partial charge on any atom is 0.306 e. The molecule has 0 saturated carbocycles. The van der Waals surface area contributed by atoms with Crippen LogP contribution in [0, 0.1) is 0 Å². The molecule has 15 heteroatoms. The van der Waals surface area contributed by atoms with Gasteiger partial charge in [-0.05, 0) is 38.5 Å². The Balaban J connectivity index is 1.79. The highest BCUT2D eigenvalue weighted by atomic mass is 16.7. The summed E-state index contributed by atoms with van der Waals surface area (Å²) in [6, 6.07) is 0. The third-order valence-corrected chi connectivity index (χ3v) is 11.2. The predicted molar refractivity (Wildman–Crippen MR) is 224 cm³/mol. The summed E-state index contributed by atoms with van der Waals surface area (Å²) >= 11 is 0. The van der Waals surface area contributed by atoms with Crippen molar-refractivity contribution >= 4 is 11.9 Å². The fraction of sp³-hybridized carbons (Fsp3) is 0.911. The van der Waals surface area contributed by atoms with E-state index in [0.29, 0.717) is 12.8 Å². The average Bonchev–Trinajstić information content (AvgIpc) is 3.24. The van der Waals surface area contributed by atoms with Crippen molar-refractivity contribution in [3.8, 4) is 0 Å². The van der Waals surface area contributed by atoms with Crippen LogP contribution in [0.25, 0.3) is 0 Å². The van der Waals surface area contributed by atoms with Crippen molar-refractivity contribution in [1.82, 2.24) is 0 Å². The zero-order chi connectivity index (χ0) is 44.0. The van der Waals surface area contributed by atoms with Crippen LogP contribution in [0.1, 0.15) is 168 Å². The van der Waals surface area contributed by atoms with E-state index in [4.69, 9.17) is 28.4 Å². The minimum absolute atomic E-state index is 0.166. The molecule has 11 atom stereocenters. The predicted octanol–water partition coefficient (Wildman–Crippen LogP) is 5.04. The van der Waals surface area contributed by atoms with Gasteiger partial charge in [0.2, 0.25) is 0 Å². The van der Waals surface area contributed by atoms with Crippen molar-refractivity contribution in [2.24, 2.45) is 0 Å². The highest BCUT2D eigenvalue weighted by Crippen LogP contribution is 2.26. The monoisotopic (exact) mass is 863 g/mol. The largest absolute Gasteiger partial charge is 0.462 e. The molecule has 0 bridgehead atoms. The molecule has 2 fully saturated rings. The first kappa shape index (κ1) is 54.4. The lowest BCUT2D eigenvalue weighted by molar-refractivity contribution is -0.332. The van der Waals surface area contributed by atoms with E-state index in [9.17, 15) is 45.3 Å². The fourth-order valence-corrected chi connectivity index (χ4v) is 7.33. The van der Waals surface area contributed by atoms with Crippen LogP contribution in [-0.4, -0.2) is 142 Å². The SMILES string of the molecule is CCCCCCCC/C=C/CCCCCCCCCC(=O)OC[C@@H](CO[C@@H]1O[C@H](CO[C@@H]2O[C@H](CO)[C@H](O)C(O)C2O)[C@H](O)C(O)C1O)OC(=O)CCCCCCCCC. The van der Waals surface area contributed by atoms with E-state index in [1.165, 1.54) is 70.6 Å². The number of rotatable bonds is 35. The van der Waals surface area contributed by atoms with Crippen LogP contribution in [0.5, 0.6) is 0 Å². The Kier molecular flexibility index (Phi) is 30.6. The number of carbonyl (C=O) groups excluding carboxylic acids is 2. The number of allylic oxidation sites excluding steroid dienone is 2. The molecule has 0 radical (unpaired) electrons. The summed E-state index contributed by atoms with van der Waals surface area (Å²) < 4.78 is 33.4. The third-order valence-electron chi connectivity index (χ3n) is 11.2. The number of esters is 2. The maximum absolute atomic E-state index is 12.8. The molecule has 2 saturated heterocycles. The minimum Gasteiger partial charge on any atom is -0.462 e. The molecule has 0 aromatic carbocycles. The standard InChI is InChI=1S/C45H82O15/c1-3-5-7-9-11-12-13-14-15-16-17-18-19-20-22-23-25-27-36(47)55-30-33(58-37(48)28-26-24-21-10-8-6-4-2)31-56-44-43(54)41(52)39(50)35(60-44)32-57-45-42(53)40(51)38(49)34(29-46)59-45/h14-15,33-35,38-46,49-54H,3-13,16-32H2,1-2H3/b15-14+/t33-,34+,35+,38-,39-,40?,41?,42?,43?,44+,45+/m0/s1. The van der Waals surface area contributed by atoms with E-state index in [-0.39, 0.29) is 26.1 Å². The van der Waals surface area contributed by atoms with Gasteiger partial charge in [0.1, 0.15) is 55.4 Å². The van der Waals surface area contributed by atoms with Gasteiger partial charge in [0, 0.05) is 12.8 Å². The van der Waals surface area contributed by atoms with Gasteiger partial charge in [-0.3, -0.25) is 9.59 Å². The average molecular weight is 863 g/mol. The number of ether oxygens (including phenoxy) is 6. The van der Waals surface area contributed by atoms with E-state index in [2.05, 4.69) is 26.0 Å². The molecule has 2 aliphatic heterocycles. The molecule has 2 rings (SSSR count). The lowest BCUT2D eigenvalue weighted by atomic mass is 9.98. The molecule has 0 amide bonds. The molecular weight excluding hydrogens is 780 g/mol. The number of hydrogen-bond acceptors (Lipinski definition) is 15. The van der Waals surface area contributed by atoms with Crippen LogP contribution in [0.3, 0.4) is 0 Å². The van der Waals surface area contributed by atoms with Crippen molar-refractivity contribution in [1.29, 1.82) is 0 Å². The quantitative estimate of drug-likeness (QED) is 0.0252. The van der Waals surface area contributed by atoms with E-state index in [0.717, 1.165) is 57.8 Å². The second kappa shape index (κ2) is 33.8. The number of aliphatic hydroxyl groups is 7. The topological polar surface area (TPSA) is 231 Å². The van der Waals surface area contributed by atoms with Gasteiger partial charge in [0.25, 0.3) is 0 Å². The van der Waals surface area contributed by atoms with Gasteiger partial charge in [-0.25, -0.2) is 0 Å². The second-order valence-electron chi connectivity index (χ2n) is 16.6. The summed E-state index contributed by atoms with van der Waals surface area (Å²) in [6.07, 6.45) is 12.8. The van der Waals surface area contributed by atoms with Crippen molar-refractivity contribution in [3.05, 3.63) is 12.2 Å². The van der Waals surface area contributed by atoms with Crippen LogP contribution in [0.2, 0.25) is 0 Å². The van der Waals surface area contributed by atoms with Gasteiger partial charge in [-0.2, -0.15) is 0 Å². The zero-order valence-corrected chi connectivity index (χ0v) is 36.7. The molecule has 0 aliphatic carbocycles. The van der Waals surface area contributed by atoms with Gasteiger partial charge in [-0.15, -0.1) is 0 Å². The second-order valence-corrected chi connectivity index (χ2v) is 16.6. The molecule has 352 valence electrons. The van der Waals surface area contributed by atoms with Gasteiger partial charge in [0.15, 0.2) is 18.7 Å². The Morgan fingerprint density at radius 3 is 1.47 bits per heavy atom. The third kappa shape index (κ3) is 22.5. The van der Waals surface area contributed by atoms with Crippen molar-refractivity contribution in [2.75, 3.05) is 26.4 Å². The summed E-state index contributed by atoms with van der Waals surface area (Å²) in [7, 11) is 0. The first-order valence-electron chi connectivity index (χ1n) is 23.3. The Labute approximate surface area is 359 Å². The van der Waals surface area contributed by atoms with Crippen LogP contribution < -0.4 is 0 Å². The molecule has 0 spiro atoms. The molecule has 2 heterocycles. The summed E-state index contributed by atoms with van der Waals surface area (Å²) in [5, 5.41) is 71.7. The molecule has 2 aliphatic rings. The fourth-order valence-electron chi connectivity index (χ4n) is 7.33. The van der Waals surface area contributed by atoms with Crippen LogP contribution in [0.4, 0.5) is 0 Å². The molecule has 0 aromatic rings. The number of carbonyl (C=O) groups is 2. The zero-order valence-electron chi connectivity index (χ0n) is 36.7. The van der Waals surface area contributed by atoms with Crippen LogP contribution in [-0.2, 0) is 38.0 Å². The van der Waals surface area contributed by atoms with Crippen molar-refractivity contribution in [3.63, 3.8) is 0 Å². The normalized spacial score (nSPS) is 27.6. The Morgan fingerprint density at radius 1 is 0.517 bits per heavy atom. The summed E-state index contributed by atoms with van der Waals surface area (Å²) in [6.45, 7) is 2.52. The van der Waals surface area contributed by atoms with Crippen molar-refractivity contribution in [2.45, 2.75) is 235 Å². The molecule has 4 unspecified atom stereocenters. The lowest BCUT2D eigenvalue weighted by Crippen LogP contribution is -2.61. The summed E-state index contributed by atoms with van der Waals surface area (Å²) in [5.41, 5.74) is 0. The van der Waals surface area contributed by atoms with Crippen molar-refractivity contribution < 1.29 is 73.8 Å². The van der Waals surface area contributed by atoms with Crippen LogP contribution >= 0.6 is 0 Å². The molecular formula is C45H82O15. The first-order valence-corrected chi connectivity index (χ1v) is 23.3. The number of hydrogen-bond donors (Lipinski definition) is 7. The molecule has 0 aromatic heterocycles. The highest BCUT2D eigenvalue weighted by Gasteiger charge is 2.47. The maximum atomic E-state index is 12.8. The van der Waals surface area contributed by atoms with Gasteiger partial charge in [-0.1, -0.05) is 129 Å². The van der Waals surface area contributed by atoms with Gasteiger partial charge >= 0.3 is 11.9 Å². The number of unbranched alkanes of at least 4 members (excludes halogenated alkanes) is 19. The smallest absolute Gasteiger partial charge is 0.306 e. The van der Waals surface area contributed by atoms with Gasteiger partial charge < -0.3 is 64.2 Å². The molecule has 60 heavy (non-hydrogen) atoms. The lowest BCUT2D eigenvalue weighted by Gasteiger charge is -2.42. The number of aliphatic hydroxyl groups excluding tert-OH is 7. The highest BCUT2D eigenvalue weighted by molar-refractivity contribution is 5.70. The Morgan fingerprint density at radius 2 is 0.950 bits per heavy atom. The van der Waals surface area contributed by atoms with E-state index in [1.54, 1.807) is 0 Å².